The minimum absolute atomic E-state index is 0.00856. The highest BCUT2D eigenvalue weighted by Crippen LogP contribution is 2.28. The van der Waals surface area contributed by atoms with Gasteiger partial charge in [0.25, 0.3) is 0 Å². The van der Waals surface area contributed by atoms with Crippen molar-refractivity contribution in [1.29, 1.82) is 0 Å². The Balaban J connectivity index is 1.80. The van der Waals surface area contributed by atoms with E-state index >= 15 is 0 Å². The van der Waals surface area contributed by atoms with Crippen molar-refractivity contribution in [3.8, 4) is 0 Å². The summed E-state index contributed by atoms with van der Waals surface area (Å²) in [6.07, 6.45) is 1.90. The maximum Gasteiger partial charge on any atom is 0.241 e. The van der Waals surface area contributed by atoms with Crippen LogP contribution in [0.1, 0.15) is 31.5 Å². The van der Waals surface area contributed by atoms with Gasteiger partial charge in [-0.05, 0) is 18.4 Å². The van der Waals surface area contributed by atoms with Crippen molar-refractivity contribution in [2.24, 2.45) is 5.92 Å². The molecule has 1 amide bonds. The van der Waals surface area contributed by atoms with Crippen molar-refractivity contribution in [1.82, 2.24) is 10.2 Å². The number of carbonyl (C=O) groups excluding carboxylic acids is 1. The van der Waals surface area contributed by atoms with E-state index in [0.29, 0.717) is 5.92 Å². The number of carbonyl (C=O) groups is 1. The molecule has 2 aliphatic heterocycles. The van der Waals surface area contributed by atoms with Crippen LogP contribution >= 0.6 is 0 Å². The first kappa shape index (κ1) is 13.6. The molecule has 4 heteroatoms. The molecule has 1 N–H and O–H groups in total. The minimum Gasteiger partial charge on any atom is -0.381 e. The van der Waals surface area contributed by atoms with Gasteiger partial charge >= 0.3 is 0 Å². The van der Waals surface area contributed by atoms with Crippen LogP contribution in [0.25, 0.3) is 0 Å². The van der Waals surface area contributed by atoms with Crippen molar-refractivity contribution in [3.63, 3.8) is 0 Å². The van der Waals surface area contributed by atoms with Crippen molar-refractivity contribution >= 4 is 5.91 Å². The molecule has 2 heterocycles. The number of ether oxygens (including phenoxy) is 1. The number of hydrogen-bond donors (Lipinski definition) is 1. The molecule has 0 aliphatic carbocycles. The van der Waals surface area contributed by atoms with Gasteiger partial charge in [0.05, 0.1) is 12.6 Å². The molecular weight excluding hydrogens is 252 g/mol. The lowest BCUT2D eigenvalue weighted by molar-refractivity contribution is -0.130. The van der Waals surface area contributed by atoms with E-state index in [1.165, 1.54) is 0 Å². The molecule has 0 radical (unpaired) electrons. The van der Waals surface area contributed by atoms with Gasteiger partial charge in [0, 0.05) is 19.1 Å². The summed E-state index contributed by atoms with van der Waals surface area (Å²) in [7, 11) is 0. The Labute approximate surface area is 120 Å². The summed E-state index contributed by atoms with van der Waals surface area (Å²) >= 11 is 0. The van der Waals surface area contributed by atoms with Gasteiger partial charge in [0.15, 0.2) is 0 Å². The smallest absolute Gasteiger partial charge is 0.241 e. The molecule has 3 rings (SSSR count). The summed E-state index contributed by atoms with van der Waals surface area (Å²) in [5, 5.41) is 3.47. The molecule has 3 atom stereocenters. The molecule has 20 heavy (non-hydrogen) atoms. The zero-order valence-corrected chi connectivity index (χ0v) is 11.9. The monoisotopic (exact) mass is 274 g/mol. The third kappa shape index (κ3) is 2.58. The third-order valence-electron chi connectivity index (χ3n) is 4.25. The van der Waals surface area contributed by atoms with E-state index in [1.807, 2.05) is 23.1 Å². The lowest BCUT2D eigenvalue weighted by Crippen LogP contribution is -2.35. The van der Waals surface area contributed by atoms with Gasteiger partial charge in [-0.3, -0.25) is 10.1 Å². The Morgan fingerprint density at radius 3 is 2.80 bits per heavy atom. The van der Waals surface area contributed by atoms with Crippen LogP contribution in [0.15, 0.2) is 30.3 Å². The number of benzene rings is 1. The van der Waals surface area contributed by atoms with Gasteiger partial charge in [0.1, 0.15) is 6.17 Å². The maximum atomic E-state index is 12.5. The van der Waals surface area contributed by atoms with Crippen molar-refractivity contribution in [2.75, 3.05) is 19.8 Å². The lowest BCUT2D eigenvalue weighted by Gasteiger charge is -2.26. The summed E-state index contributed by atoms with van der Waals surface area (Å²) in [5.41, 5.74) is 1.16. The standard InChI is InChI=1S/C16H22N2O2/c1-2-14-16(19)18(10-12-8-9-20-11-12)15(17-14)13-6-4-3-5-7-13/h3-7,12,14-15,17H,2,8-11H2,1H3. The predicted molar refractivity (Wildman–Crippen MR) is 77.0 cm³/mol. The van der Waals surface area contributed by atoms with Crippen LogP contribution in [0.3, 0.4) is 0 Å². The molecule has 0 aromatic heterocycles. The number of amides is 1. The highest BCUT2D eigenvalue weighted by molar-refractivity contribution is 5.84. The SMILES string of the molecule is CCC1NC(c2ccccc2)N(CC2CCOC2)C1=O. The minimum atomic E-state index is -0.0532. The van der Waals surface area contributed by atoms with Gasteiger partial charge in [-0.15, -0.1) is 0 Å². The average Bonchev–Trinajstić information content (AvgIpc) is 3.10. The van der Waals surface area contributed by atoms with Crippen LogP contribution < -0.4 is 5.32 Å². The van der Waals surface area contributed by atoms with Crippen LogP contribution in [-0.2, 0) is 9.53 Å². The van der Waals surface area contributed by atoms with Gasteiger partial charge in [-0.2, -0.15) is 0 Å². The van der Waals surface area contributed by atoms with Gasteiger partial charge in [0.2, 0.25) is 5.91 Å². The van der Waals surface area contributed by atoms with Gasteiger partial charge in [-0.1, -0.05) is 37.3 Å². The fraction of sp³-hybridized carbons (Fsp3) is 0.562. The quantitative estimate of drug-likeness (QED) is 0.912. The summed E-state index contributed by atoms with van der Waals surface area (Å²) < 4.78 is 5.44. The van der Waals surface area contributed by atoms with Crippen LogP contribution in [0, 0.1) is 5.92 Å². The zero-order chi connectivity index (χ0) is 13.9. The average molecular weight is 274 g/mol. The lowest BCUT2D eigenvalue weighted by atomic mass is 10.1. The predicted octanol–water partition coefficient (Wildman–Crippen LogP) is 1.93. The molecular formula is C16H22N2O2. The number of nitrogens with one attached hydrogen (secondary N) is 1. The topological polar surface area (TPSA) is 41.6 Å². The molecule has 108 valence electrons. The van der Waals surface area contributed by atoms with Gasteiger partial charge in [-0.25, -0.2) is 0 Å². The molecule has 1 aromatic carbocycles. The first-order valence-electron chi connectivity index (χ1n) is 7.48. The molecule has 4 nitrogen and oxygen atoms in total. The van der Waals surface area contributed by atoms with Crippen molar-refractivity contribution in [2.45, 2.75) is 32.0 Å². The molecule has 2 fully saturated rings. The Kier molecular flexibility index (Phi) is 4.03. The Hall–Kier alpha value is -1.39. The van der Waals surface area contributed by atoms with Crippen molar-refractivity contribution < 1.29 is 9.53 Å². The van der Waals surface area contributed by atoms with Crippen LogP contribution in [0.4, 0.5) is 0 Å². The molecule has 3 unspecified atom stereocenters. The number of hydrogen-bond acceptors (Lipinski definition) is 3. The van der Waals surface area contributed by atoms with E-state index < -0.39 is 0 Å². The summed E-state index contributed by atoms with van der Waals surface area (Å²) in [5.74, 6) is 0.704. The Morgan fingerprint density at radius 2 is 2.15 bits per heavy atom. The second kappa shape index (κ2) is 5.94. The van der Waals surface area contributed by atoms with E-state index in [0.717, 1.165) is 38.2 Å². The Bertz CT molecular complexity index is 457. The molecule has 2 aliphatic rings. The number of nitrogens with zero attached hydrogens (tertiary/aromatic N) is 1. The summed E-state index contributed by atoms with van der Waals surface area (Å²) in [6, 6.07) is 10.2. The first-order chi connectivity index (χ1) is 9.79. The zero-order valence-electron chi connectivity index (χ0n) is 11.9. The molecule has 2 saturated heterocycles. The van der Waals surface area contributed by atoms with Crippen LogP contribution in [0.2, 0.25) is 0 Å². The fourth-order valence-corrected chi connectivity index (χ4v) is 3.08. The summed E-state index contributed by atoms with van der Waals surface area (Å²) in [4.78, 5) is 14.5. The largest absolute Gasteiger partial charge is 0.381 e. The van der Waals surface area contributed by atoms with Crippen LogP contribution in [0.5, 0.6) is 0 Å². The van der Waals surface area contributed by atoms with E-state index in [1.54, 1.807) is 0 Å². The number of rotatable bonds is 4. The fourth-order valence-electron chi connectivity index (χ4n) is 3.08. The second-order valence-electron chi connectivity index (χ2n) is 5.66. The highest BCUT2D eigenvalue weighted by atomic mass is 16.5. The summed E-state index contributed by atoms with van der Waals surface area (Å²) in [6.45, 7) is 4.46. The van der Waals surface area contributed by atoms with Crippen molar-refractivity contribution in [3.05, 3.63) is 35.9 Å². The second-order valence-corrected chi connectivity index (χ2v) is 5.66. The molecule has 0 saturated carbocycles. The molecule has 0 bridgehead atoms. The van der Waals surface area contributed by atoms with Gasteiger partial charge < -0.3 is 9.64 Å². The normalized spacial score (nSPS) is 30.1. The van der Waals surface area contributed by atoms with E-state index in [9.17, 15) is 4.79 Å². The van der Waals surface area contributed by atoms with E-state index in [-0.39, 0.29) is 18.1 Å². The molecule has 0 spiro atoms. The first-order valence-corrected chi connectivity index (χ1v) is 7.48. The third-order valence-corrected chi connectivity index (χ3v) is 4.25. The van der Waals surface area contributed by atoms with E-state index in [2.05, 4.69) is 24.4 Å². The Morgan fingerprint density at radius 1 is 1.35 bits per heavy atom. The van der Waals surface area contributed by atoms with E-state index in [4.69, 9.17) is 4.74 Å². The highest BCUT2D eigenvalue weighted by Gasteiger charge is 2.39. The van der Waals surface area contributed by atoms with Crippen LogP contribution in [-0.4, -0.2) is 36.6 Å². The maximum absolute atomic E-state index is 12.5. The molecule has 1 aromatic rings.